The first kappa shape index (κ1) is 18.0. The number of nitrogens with one attached hydrogen (secondary N) is 2. The predicted molar refractivity (Wildman–Crippen MR) is 94.0 cm³/mol. The van der Waals surface area contributed by atoms with Crippen LogP contribution >= 0.6 is 0 Å². The second kappa shape index (κ2) is 7.61. The molecular weight excluding hydrogens is 340 g/mol. The highest BCUT2D eigenvalue weighted by atomic mass is 19.2. The van der Waals surface area contributed by atoms with Crippen LogP contribution in [-0.4, -0.2) is 29.3 Å². The summed E-state index contributed by atoms with van der Waals surface area (Å²) in [6.45, 7) is 1.74. The quantitative estimate of drug-likeness (QED) is 0.548. The van der Waals surface area contributed by atoms with Crippen molar-refractivity contribution in [3.05, 3.63) is 65.2 Å². The molecule has 2 aromatic carbocycles. The number of phenolic OH excluding ortho intramolecular Hbond substituents is 1. The average Bonchev–Trinajstić information content (AvgIpc) is 3.40. The van der Waals surface area contributed by atoms with Gasteiger partial charge >= 0.3 is 0 Å². The monoisotopic (exact) mass is 359 g/mol. The maximum atomic E-state index is 13.3. The molecule has 2 atom stereocenters. The van der Waals surface area contributed by atoms with Crippen LogP contribution in [0.25, 0.3) is 0 Å². The van der Waals surface area contributed by atoms with Crippen LogP contribution in [0.2, 0.25) is 0 Å². The van der Waals surface area contributed by atoms with E-state index in [0.29, 0.717) is 11.3 Å². The van der Waals surface area contributed by atoms with Gasteiger partial charge in [0.15, 0.2) is 11.6 Å². The fraction of sp³-hybridized carbons (Fsp3) is 0.263. The molecule has 3 rings (SSSR count). The van der Waals surface area contributed by atoms with Crippen molar-refractivity contribution in [2.45, 2.75) is 25.3 Å². The third-order valence-corrected chi connectivity index (χ3v) is 4.33. The molecule has 0 radical (unpaired) electrons. The van der Waals surface area contributed by atoms with Crippen LogP contribution in [0, 0.1) is 11.6 Å². The second-order valence-electron chi connectivity index (χ2n) is 6.25. The number of nitrogens with zero attached hydrogens (tertiary/aromatic N) is 1. The maximum absolute atomic E-state index is 13.3. The van der Waals surface area contributed by atoms with Gasteiger partial charge in [-0.2, -0.15) is 5.10 Å². The van der Waals surface area contributed by atoms with Gasteiger partial charge in [-0.25, -0.2) is 14.2 Å². The van der Waals surface area contributed by atoms with Gasteiger partial charge in [-0.15, -0.1) is 0 Å². The topological polar surface area (TPSA) is 73.7 Å². The Balaban J connectivity index is 1.47. The Morgan fingerprint density at radius 1 is 1.23 bits per heavy atom. The molecule has 5 nitrogen and oxygen atoms in total. The third-order valence-electron chi connectivity index (χ3n) is 4.33. The van der Waals surface area contributed by atoms with Crippen LogP contribution in [0.1, 0.15) is 30.4 Å². The molecule has 26 heavy (non-hydrogen) atoms. The summed E-state index contributed by atoms with van der Waals surface area (Å²) in [5, 5.41) is 16.8. The number of hydrogen-bond acceptors (Lipinski definition) is 4. The summed E-state index contributed by atoms with van der Waals surface area (Å²) < 4.78 is 26.2. The van der Waals surface area contributed by atoms with Crippen molar-refractivity contribution in [2.24, 2.45) is 5.10 Å². The van der Waals surface area contributed by atoms with Gasteiger partial charge in [-0.05, 0) is 43.2 Å². The molecule has 0 heterocycles. The first-order valence-corrected chi connectivity index (χ1v) is 8.25. The van der Waals surface area contributed by atoms with E-state index >= 15 is 0 Å². The Labute approximate surface area is 149 Å². The molecular formula is C19H19F2N3O2. The van der Waals surface area contributed by atoms with Crippen LogP contribution in [0.15, 0.2) is 47.6 Å². The Morgan fingerprint density at radius 2 is 2.00 bits per heavy atom. The summed E-state index contributed by atoms with van der Waals surface area (Å²) in [4.78, 5) is 11.9. The van der Waals surface area contributed by atoms with Crippen LogP contribution in [0.5, 0.6) is 5.75 Å². The molecule has 0 aromatic heterocycles. The number of carbonyl (C=O) groups is 1. The van der Waals surface area contributed by atoms with Crippen molar-refractivity contribution in [2.75, 3.05) is 6.54 Å². The van der Waals surface area contributed by atoms with E-state index in [-0.39, 0.29) is 30.2 Å². The smallest absolute Gasteiger partial charge is 0.254 e. The van der Waals surface area contributed by atoms with Gasteiger partial charge in [-0.1, -0.05) is 18.2 Å². The minimum atomic E-state index is -0.865. The van der Waals surface area contributed by atoms with Crippen molar-refractivity contribution in [3.63, 3.8) is 0 Å². The molecule has 1 fully saturated rings. The lowest BCUT2D eigenvalue weighted by Crippen LogP contribution is -2.33. The number of phenols is 1. The number of para-hydroxylation sites is 1. The molecule has 0 aliphatic heterocycles. The minimum Gasteiger partial charge on any atom is -0.507 e. The van der Waals surface area contributed by atoms with Crippen LogP contribution in [-0.2, 0) is 4.79 Å². The first-order chi connectivity index (χ1) is 12.5. The van der Waals surface area contributed by atoms with E-state index in [1.54, 1.807) is 37.3 Å². The van der Waals surface area contributed by atoms with E-state index < -0.39 is 11.6 Å². The molecule has 1 aliphatic rings. The number of amides is 1. The maximum Gasteiger partial charge on any atom is 0.254 e. The number of rotatable bonds is 6. The Kier molecular flexibility index (Phi) is 5.27. The average molecular weight is 359 g/mol. The van der Waals surface area contributed by atoms with Crippen LogP contribution in [0.4, 0.5) is 8.78 Å². The zero-order chi connectivity index (χ0) is 18.7. The van der Waals surface area contributed by atoms with Gasteiger partial charge in [0.1, 0.15) is 5.75 Å². The molecule has 1 amide bonds. The Morgan fingerprint density at radius 3 is 2.73 bits per heavy atom. The molecule has 0 unspecified atom stereocenters. The summed E-state index contributed by atoms with van der Waals surface area (Å²) in [6.07, 6.45) is 0.762. The van der Waals surface area contributed by atoms with E-state index in [1.165, 1.54) is 6.07 Å². The number of hydrazone groups is 1. The predicted octanol–water partition coefficient (Wildman–Crippen LogP) is 2.66. The minimum absolute atomic E-state index is 0.0499. The summed E-state index contributed by atoms with van der Waals surface area (Å²) in [7, 11) is 0. The van der Waals surface area contributed by atoms with Gasteiger partial charge in [0, 0.05) is 17.5 Å². The molecule has 7 heteroatoms. The number of halogens is 2. The van der Waals surface area contributed by atoms with Gasteiger partial charge < -0.3 is 10.4 Å². The van der Waals surface area contributed by atoms with Crippen molar-refractivity contribution in [1.82, 2.24) is 10.7 Å². The second-order valence-corrected chi connectivity index (χ2v) is 6.25. The lowest BCUT2D eigenvalue weighted by Gasteiger charge is -2.06. The largest absolute Gasteiger partial charge is 0.507 e. The Hall–Kier alpha value is -2.80. The fourth-order valence-corrected chi connectivity index (χ4v) is 2.78. The van der Waals surface area contributed by atoms with Gasteiger partial charge in [0.25, 0.3) is 5.91 Å². The molecule has 3 N–H and O–H groups in total. The third kappa shape index (κ3) is 4.23. The Bertz CT molecular complexity index is 854. The van der Waals surface area contributed by atoms with E-state index in [1.807, 2.05) is 0 Å². The van der Waals surface area contributed by atoms with Crippen molar-refractivity contribution in [3.8, 4) is 5.75 Å². The highest BCUT2D eigenvalue weighted by Crippen LogP contribution is 2.40. The SMILES string of the molecule is C/C(=N\NC(=O)CN[C@@H]1C[C@H]1c1ccc(F)c(F)c1)c1ccccc1O. The van der Waals surface area contributed by atoms with E-state index in [0.717, 1.165) is 18.1 Å². The highest BCUT2D eigenvalue weighted by molar-refractivity contribution is 6.01. The molecule has 1 aliphatic carbocycles. The van der Waals surface area contributed by atoms with Crippen molar-refractivity contribution >= 4 is 11.6 Å². The van der Waals surface area contributed by atoms with Gasteiger partial charge in [0.2, 0.25) is 0 Å². The number of carbonyl (C=O) groups excluding carboxylic acids is 1. The summed E-state index contributed by atoms with van der Waals surface area (Å²) in [5.74, 6) is -1.88. The fourth-order valence-electron chi connectivity index (χ4n) is 2.78. The standard InChI is InChI=1S/C19H19F2N3O2/c1-11(13-4-2-3-5-18(13)25)23-24-19(26)10-22-17-9-14(17)12-6-7-15(20)16(21)8-12/h2-8,14,17,22,25H,9-10H2,1H3,(H,24,26)/b23-11+/t14-,17+/m0/s1. The highest BCUT2D eigenvalue weighted by Gasteiger charge is 2.38. The summed E-state index contributed by atoms with van der Waals surface area (Å²) in [5.41, 5.74) is 4.18. The molecule has 1 saturated carbocycles. The molecule has 0 spiro atoms. The zero-order valence-corrected chi connectivity index (χ0v) is 14.2. The van der Waals surface area contributed by atoms with Crippen molar-refractivity contribution < 1.29 is 18.7 Å². The van der Waals surface area contributed by atoms with E-state index in [4.69, 9.17) is 0 Å². The van der Waals surface area contributed by atoms with E-state index in [2.05, 4.69) is 15.8 Å². The molecule has 2 aromatic rings. The number of hydrogen-bond donors (Lipinski definition) is 3. The van der Waals surface area contributed by atoms with Crippen LogP contribution in [0.3, 0.4) is 0 Å². The number of aromatic hydroxyl groups is 1. The van der Waals surface area contributed by atoms with E-state index in [9.17, 15) is 18.7 Å². The van der Waals surface area contributed by atoms with Crippen LogP contribution < -0.4 is 10.7 Å². The first-order valence-electron chi connectivity index (χ1n) is 8.25. The lowest BCUT2D eigenvalue weighted by atomic mass is 10.1. The molecule has 136 valence electrons. The van der Waals surface area contributed by atoms with Crippen molar-refractivity contribution in [1.29, 1.82) is 0 Å². The zero-order valence-electron chi connectivity index (χ0n) is 14.2. The molecule has 0 bridgehead atoms. The van der Waals surface area contributed by atoms with Gasteiger partial charge in [-0.3, -0.25) is 4.79 Å². The summed E-state index contributed by atoms with van der Waals surface area (Å²) >= 11 is 0. The normalized spacial score (nSPS) is 19.3. The lowest BCUT2D eigenvalue weighted by molar-refractivity contribution is -0.120. The molecule has 0 saturated heterocycles. The number of benzene rings is 2. The van der Waals surface area contributed by atoms with Gasteiger partial charge in [0.05, 0.1) is 12.3 Å². The summed E-state index contributed by atoms with van der Waals surface area (Å²) in [6, 6.07) is 10.6.